The fraction of sp³-hybridized carbons (Fsp3) is 0.316. The monoisotopic (exact) mass is 391 g/mol. The Morgan fingerprint density at radius 3 is 2.33 bits per heavy atom. The van der Waals surface area contributed by atoms with Crippen LogP contribution < -0.4 is 19.7 Å². The molecule has 0 aliphatic carbocycles. The van der Waals surface area contributed by atoms with Crippen molar-refractivity contribution in [3.05, 3.63) is 54.6 Å². The Hall–Kier alpha value is -2.74. The number of sulfonamides is 1. The van der Waals surface area contributed by atoms with Crippen molar-refractivity contribution in [3.8, 4) is 11.5 Å². The zero-order valence-corrected chi connectivity index (χ0v) is 16.5. The third kappa shape index (κ3) is 6.49. The summed E-state index contributed by atoms with van der Waals surface area (Å²) in [4.78, 5) is 11.7. The van der Waals surface area contributed by atoms with Gasteiger partial charge in [0.25, 0.3) is 0 Å². The summed E-state index contributed by atoms with van der Waals surface area (Å²) in [5.41, 5.74) is 0.412. The topological polar surface area (TPSA) is 87.7 Å². The van der Waals surface area contributed by atoms with Gasteiger partial charge < -0.3 is 15.4 Å². The van der Waals surface area contributed by atoms with Gasteiger partial charge >= 0.3 is 6.03 Å². The fourth-order valence-electron chi connectivity index (χ4n) is 2.41. The van der Waals surface area contributed by atoms with Crippen LogP contribution in [-0.4, -0.2) is 39.8 Å². The molecule has 0 radical (unpaired) electrons. The molecule has 0 saturated heterocycles. The van der Waals surface area contributed by atoms with Crippen LogP contribution in [0.25, 0.3) is 0 Å². The lowest BCUT2D eigenvalue weighted by molar-refractivity contribution is 0.239. The highest BCUT2D eigenvalue weighted by Gasteiger charge is 2.21. The van der Waals surface area contributed by atoms with Gasteiger partial charge in [-0.3, -0.25) is 4.31 Å². The first-order chi connectivity index (χ1) is 12.8. The summed E-state index contributed by atoms with van der Waals surface area (Å²) in [6.07, 6.45) is 1.13. The number of benzene rings is 2. The summed E-state index contributed by atoms with van der Waals surface area (Å²) < 4.78 is 31.7. The second kappa shape index (κ2) is 9.27. The molecule has 27 heavy (non-hydrogen) atoms. The van der Waals surface area contributed by atoms with Gasteiger partial charge in [0.1, 0.15) is 5.75 Å². The Morgan fingerprint density at radius 2 is 1.70 bits per heavy atom. The summed E-state index contributed by atoms with van der Waals surface area (Å²) in [7, 11) is -3.57. The maximum atomic E-state index is 12.3. The molecule has 0 heterocycles. The van der Waals surface area contributed by atoms with Gasteiger partial charge in [-0.25, -0.2) is 13.2 Å². The first-order valence-corrected chi connectivity index (χ1v) is 10.5. The van der Waals surface area contributed by atoms with E-state index in [2.05, 4.69) is 10.6 Å². The summed E-state index contributed by atoms with van der Waals surface area (Å²) in [5, 5.41) is 5.35. The molecule has 7 nitrogen and oxygen atoms in total. The fourth-order valence-corrected chi connectivity index (χ4v) is 3.35. The molecule has 8 heteroatoms. The predicted octanol–water partition coefficient (Wildman–Crippen LogP) is 2.95. The Bertz CT molecular complexity index is 854. The Kier molecular flexibility index (Phi) is 7.06. The Morgan fingerprint density at radius 1 is 1.07 bits per heavy atom. The first kappa shape index (κ1) is 20.6. The minimum Gasteiger partial charge on any atom is -0.455 e. The van der Waals surface area contributed by atoms with Crippen LogP contribution in [0.1, 0.15) is 13.8 Å². The SMILES string of the molecule is CC(C)NC(=O)NCCN(c1ccccc1Oc1ccccc1)S(C)(=O)=O. The number of carbonyl (C=O) groups excluding carboxylic acids is 1. The van der Waals surface area contributed by atoms with Crippen molar-refractivity contribution >= 4 is 21.7 Å². The van der Waals surface area contributed by atoms with E-state index in [0.717, 1.165) is 6.26 Å². The summed E-state index contributed by atoms with van der Waals surface area (Å²) in [6, 6.07) is 15.7. The van der Waals surface area contributed by atoms with Crippen molar-refractivity contribution in [2.75, 3.05) is 23.7 Å². The average molecular weight is 391 g/mol. The molecule has 0 aliphatic heterocycles. The van der Waals surface area contributed by atoms with E-state index < -0.39 is 10.0 Å². The standard InChI is InChI=1S/C19H25N3O4S/c1-15(2)21-19(23)20-13-14-22(27(3,24)25)17-11-7-8-12-18(17)26-16-9-5-4-6-10-16/h4-12,15H,13-14H2,1-3H3,(H2,20,21,23). The maximum absolute atomic E-state index is 12.3. The Labute approximate surface area is 160 Å². The zero-order valence-electron chi connectivity index (χ0n) is 15.7. The minimum absolute atomic E-state index is 0.00370. The van der Waals surface area contributed by atoms with Gasteiger partial charge in [0.15, 0.2) is 5.75 Å². The number of rotatable bonds is 8. The van der Waals surface area contributed by atoms with Crippen LogP contribution in [0.15, 0.2) is 54.6 Å². The average Bonchev–Trinajstić information content (AvgIpc) is 2.59. The minimum atomic E-state index is -3.57. The number of ether oxygens (including phenoxy) is 1. The molecular formula is C19H25N3O4S. The van der Waals surface area contributed by atoms with Crippen molar-refractivity contribution in [3.63, 3.8) is 0 Å². The number of para-hydroxylation sites is 3. The molecule has 0 aromatic heterocycles. The molecule has 0 saturated carbocycles. The molecule has 0 fully saturated rings. The van der Waals surface area contributed by atoms with E-state index in [-0.39, 0.29) is 25.2 Å². The molecule has 0 spiro atoms. The van der Waals surface area contributed by atoms with Crippen molar-refractivity contribution < 1.29 is 17.9 Å². The van der Waals surface area contributed by atoms with Crippen LogP contribution >= 0.6 is 0 Å². The quantitative estimate of drug-likeness (QED) is 0.724. The van der Waals surface area contributed by atoms with Crippen molar-refractivity contribution in [2.45, 2.75) is 19.9 Å². The number of urea groups is 1. The van der Waals surface area contributed by atoms with E-state index in [1.165, 1.54) is 4.31 Å². The molecule has 2 rings (SSSR count). The van der Waals surface area contributed by atoms with Crippen LogP contribution in [0.4, 0.5) is 10.5 Å². The molecule has 2 aromatic rings. The van der Waals surface area contributed by atoms with Gasteiger partial charge in [0.2, 0.25) is 10.0 Å². The normalized spacial score (nSPS) is 11.1. The molecule has 2 N–H and O–H groups in total. The third-order valence-corrected chi connectivity index (χ3v) is 4.71. The van der Waals surface area contributed by atoms with Crippen LogP contribution in [0.5, 0.6) is 11.5 Å². The molecule has 146 valence electrons. The lowest BCUT2D eigenvalue weighted by atomic mass is 10.3. The third-order valence-electron chi connectivity index (χ3n) is 3.53. The summed E-state index contributed by atoms with van der Waals surface area (Å²) in [6.45, 7) is 3.93. The van der Waals surface area contributed by atoms with Crippen LogP contribution in [0.3, 0.4) is 0 Å². The Balaban J connectivity index is 2.18. The number of nitrogens with one attached hydrogen (secondary N) is 2. The molecular weight excluding hydrogens is 366 g/mol. The van der Waals surface area contributed by atoms with Crippen LogP contribution in [0, 0.1) is 0 Å². The van der Waals surface area contributed by atoms with Crippen LogP contribution in [-0.2, 0) is 10.0 Å². The number of amides is 2. The molecule has 0 bridgehead atoms. The van der Waals surface area contributed by atoms with Gasteiger partial charge in [-0.05, 0) is 38.1 Å². The van der Waals surface area contributed by atoms with Gasteiger partial charge in [-0.15, -0.1) is 0 Å². The number of hydrogen-bond acceptors (Lipinski definition) is 4. The lowest BCUT2D eigenvalue weighted by Gasteiger charge is -2.25. The highest BCUT2D eigenvalue weighted by Crippen LogP contribution is 2.33. The van der Waals surface area contributed by atoms with E-state index in [0.29, 0.717) is 17.2 Å². The van der Waals surface area contributed by atoms with Gasteiger partial charge in [0.05, 0.1) is 18.5 Å². The van der Waals surface area contributed by atoms with E-state index >= 15 is 0 Å². The summed E-state index contributed by atoms with van der Waals surface area (Å²) >= 11 is 0. The van der Waals surface area contributed by atoms with E-state index in [4.69, 9.17) is 4.74 Å². The smallest absolute Gasteiger partial charge is 0.315 e. The van der Waals surface area contributed by atoms with E-state index in [1.807, 2.05) is 32.0 Å². The van der Waals surface area contributed by atoms with Crippen molar-refractivity contribution in [1.82, 2.24) is 10.6 Å². The highest BCUT2D eigenvalue weighted by atomic mass is 32.2. The van der Waals surface area contributed by atoms with Crippen LogP contribution in [0.2, 0.25) is 0 Å². The second-order valence-electron chi connectivity index (χ2n) is 6.27. The number of carbonyl (C=O) groups is 1. The number of hydrogen-bond donors (Lipinski definition) is 2. The van der Waals surface area contributed by atoms with E-state index in [1.54, 1.807) is 36.4 Å². The van der Waals surface area contributed by atoms with Gasteiger partial charge in [-0.1, -0.05) is 30.3 Å². The summed E-state index contributed by atoms with van der Waals surface area (Å²) in [5.74, 6) is 1.02. The number of anilines is 1. The molecule has 0 atom stereocenters. The number of nitrogens with zero attached hydrogens (tertiary/aromatic N) is 1. The largest absolute Gasteiger partial charge is 0.455 e. The zero-order chi connectivity index (χ0) is 19.9. The molecule has 0 unspecified atom stereocenters. The lowest BCUT2D eigenvalue weighted by Crippen LogP contribution is -2.44. The van der Waals surface area contributed by atoms with E-state index in [9.17, 15) is 13.2 Å². The van der Waals surface area contributed by atoms with Crippen molar-refractivity contribution in [1.29, 1.82) is 0 Å². The van der Waals surface area contributed by atoms with Crippen molar-refractivity contribution in [2.24, 2.45) is 0 Å². The highest BCUT2D eigenvalue weighted by molar-refractivity contribution is 7.92. The second-order valence-corrected chi connectivity index (χ2v) is 8.18. The predicted molar refractivity (Wildman–Crippen MR) is 107 cm³/mol. The van der Waals surface area contributed by atoms with Gasteiger partial charge in [0, 0.05) is 12.6 Å². The molecule has 2 aromatic carbocycles. The maximum Gasteiger partial charge on any atom is 0.315 e. The molecule has 0 aliphatic rings. The van der Waals surface area contributed by atoms with Gasteiger partial charge in [-0.2, -0.15) is 0 Å². The molecule has 2 amide bonds. The first-order valence-electron chi connectivity index (χ1n) is 8.61.